The molecule has 0 amide bonds. The van der Waals surface area contributed by atoms with Crippen molar-refractivity contribution in [2.75, 3.05) is 0 Å². The van der Waals surface area contributed by atoms with Crippen LogP contribution in [-0.2, 0) is 14.3 Å². The van der Waals surface area contributed by atoms with Gasteiger partial charge in [0.25, 0.3) is 0 Å². The van der Waals surface area contributed by atoms with E-state index in [0.717, 1.165) is 44.9 Å². The number of Topliss-reactive ketones (excluding diaryl/α,β-unsaturated/α-hetero) is 1. The number of carboxylic acid groups (broad SMARTS) is 1. The van der Waals surface area contributed by atoms with E-state index in [4.69, 9.17) is 9.84 Å². The molecule has 0 aromatic rings. The second kappa shape index (κ2) is 7.58. The number of carboxylic acids is 1. The van der Waals surface area contributed by atoms with E-state index in [1.165, 1.54) is 25.7 Å². The van der Waals surface area contributed by atoms with Crippen molar-refractivity contribution in [3.63, 3.8) is 0 Å². The van der Waals surface area contributed by atoms with E-state index in [0.29, 0.717) is 12.2 Å². The Morgan fingerprint density at radius 1 is 1.09 bits per heavy atom. The smallest absolute Gasteiger partial charge is 0.303 e. The molecule has 2 atom stereocenters. The standard InChI is InChI=1S/C18H30O4/c1-2-3-4-8-12-17-14-11-15(19)18(17,22-17)13-9-6-5-7-10-16(20)21/h2-14H2,1H3,(H,20,21). The summed E-state index contributed by atoms with van der Waals surface area (Å²) in [6.07, 6.45) is 12.3. The maximum Gasteiger partial charge on any atom is 0.303 e. The van der Waals surface area contributed by atoms with Gasteiger partial charge in [0.05, 0.1) is 0 Å². The molecule has 1 saturated carbocycles. The molecular weight excluding hydrogens is 280 g/mol. The van der Waals surface area contributed by atoms with Crippen molar-refractivity contribution in [1.82, 2.24) is 0 Å². The van der Waals surface area contributed by atoms with E-state index in [9.17, 15) is 9.59 Å². The quantitative estimate of drug-likeness (QED) is 0.432. The predicted octanol–water partition coefficient (Wildman–Crippen LogP) is 4.25. The summed E-state index contributed by atoms with van der Waals surface area (Å²) in [7, 11) is 0. The van der Waals surface area contributed by atoms with Gasteiger partial charge >= 0.3 is 5.97 Å². The van der Waals surface area contributed by atoms with Gasteiger partial charge in [-0.1, -0.05) is 45.4 Å². The lowest BCUT2D eigenvalue weighted by Gasteiger charge is -2.11. The van der Waals surface area contributed by atoms with Crippen LogP contribution in [0.25, 0.3) is 0 Å². The van der Waals surface area contributed by atoms with Crippen LogP contribution in [0, 0.1) is 0 Å². The second-order valence-corrected chi connectivity index (χ2v) is 6.97. The molecule has 126 valence electrons. The number of hydrogen-bond donors (Lipinski definition) is 1. The van der Waals surface area contributed by atoms with E-state index in [2.05, 4.69) is 6.92 Å². The normalized spacial score (nSPS) is 29.6. The van der Waals surface area contributed by atoms with Crippen LogP contribution < -0.4 is 0 Å². The second-order valence-electron chi connectivity index (χ2n) is 6.97. The van der Waals surface area contributed by atoms with Gasteiger partial charge in [-0.05, 0) is 32.1 Å². The zero-order chi connectivity index (χ0) is 16.1. The lowest BCUT2D eigenvalue weighted by molar-refractivity contribution is -0.137. The van der Waals surface area contributed by atoms with Crippen LogP contribution in [-0.4, -0.2) is 28.1 Å². The summed E-state index contributed by atoms with van der Waals surface area (Å²) in [5.74, 6) is -0.408. The van der Waals surface area contributed by atoms with E-state index in [-0.39, 0.29) is 12.0 Å². The molecule has 4 nitrogen and oxygen atoms in total. The van der Waals surface area contributed by atoms with Gasteiger partial charge < -0.3 is 9.84 Å². The highest BCUT2D eigenvalue weighted by atomic mass is 16.6. The highest BCUT2D eigenvalue weighted by Gasteiger charge is 2.75. The van der Waals surface area contributed by atoms with Gasteiger partial charge in [0.1, 0.15) is 5.60 Å². The van der Waals surface area contributed by atoms with Crippen LogP contribution in [0.3, 0.4) is 0 Å². The lowest BCUT2D eigenvalue weighted by Crippen LogP contribution is -2.26. The SMILES string of the molecule is CCCCCCC12CCC(=O)C1(CCCCCCC(=O)O)O2. The van der Waals surface area contributed by atoms with Crippen molar-refractivity contribution in [3.05, 3.63) is 0 Å². The third-order valence-electron chi connectivity index (χ3n) is 5.37. The zero-order valence-corrected chi connectivity index (χ0v) is 13.9. The minimum Gasteiger partial charge on any atom is -0.481 e. The molecule has 1 heterocycles. The fourth-order valence-corrected chi connectivity index (χ4v) is 4.03. The van der Waals surface area contributed by atoms with E-state index in [1.54, 1.807) is 0 Å². The van der Waals surface area contributed by atoms with Crippen LogP contribution in [0.1, 0.15) is 90.4 Å². The largest absolute Gasteiger partial charge is 0.481 e. The minimum absolute atomic E-state index is 0.126. The Hall–Kier alpha value is -0.900. The van der Waals surface area contributed by atoms with Crippen LogP contribution in [0.15, 0.2) is 0 Å². The number of carbonyl (C=O) groups is 2. The maximum absolute atomic E-state index is 12.2. The van der Waals surface area contributed by atoms with E-state index >= 15 is 0 Å². The zero-order valence-electron chi connectivity index (χ0n) is 13.9. The highest BCUT2D eigenvalue weighted by molar-refractivity contribution is 5.94. The molecule has 1 N–H and O–H groups in total. The molecule has 1 aliphatic carbocycles. The summed E-state index contributed by atoms with van der Waals surface area (Å²) in [6, 6.07) is 0. The average molecular weight is 310 g/mol. The summed E-state index contributed by atoms with van der Waals surface area (Å²) in [6.45, 7) is 2.21. The maximum atomic E-state index is 12.2. The molecule has 2 unspecified atom stereocenters. The van der Waals surface area contributed by atoms with Crippen LogP contribution in [0.5, 0.6) is 0 Å². The van der Waals surface area contributed by atoms with E-state index in [1.807, 2.05) is 0 Å². The average Bonchev–Trinajstić information content (AvgIpc) is 3.06. The fourth-order valence-electron chi connectivity index (χ4n) is 4.03. The molecule has 2 aliphatic rings. The third kappa shape index (κ3) is 3.70. The van der Waals surface area contributed by atoms with Crippen molar-refractivity contribution in [2.24, 2.45) is 0 Å². The van der Waals surface area contributed by atoms with Crippen LogP contribution >= 0.6 is 0 Å². The summed E-state index contributed by atoms with van der Waals surface area (Å²) in [5, 5.41) is 8.61. The molecule has 0 bridgehead atoms. The Balaban J connectivity index is 1.69. The highest BCUT2D eigenvalue weighted by Crippen LogP contribution is 2.62. The third-order valence-corrected chi connectivity index (χ3v) is 5.37. The predicted molar refractivity (Wildman–Crippen MR) is 84.9 cm³/mol. The van der Waals surface area contributed by atoms with Gasteiger partial charge in [-0.3, -0.25) is 9.59 Å². The molecule has 0 radical (unpaired) electrons. The van der Waals surface area contributed by atoms with Gasteiger partial charge in [0.15, 0.2) is 11.4 Å². The Kier molecular flexibility index (Phi) is 6.01. The fraction of sp³-hybridized carbons (Fsp3) is 0.889. The Morgan fingerprint density at radius 3 is 2.50 bits per heavy atom. The molecule has 1 saturated heterocycles. The number of epoxide rings is 1. The van der Waals surface area contributed by atoms with Gasteiger partial charge in [-0.25, -0.2) is 0 Å². The molecule has 4 heteroatoms. The van der Waals surface area contributed by atoms with Crippen molar-refractivity contribution >= 4 is 11.8 Å². The lowest BCUT2D eigenvalue weighted by atomic mass is 9.86. The molecule has 0 aromatic carbocycles. The van der Waals surface area contributed by atoms with Crippen molar-refractivity contribution in [3.8, 4) is 0 Å². The molecule has 2 rings (SSSR count). The first-order chi connectivity index (χ1) is 10.6. The summed E-state index contributed by atoms with van der Waals surface area (Å²) in [5.41, 5.74) is -0.578. The van der Waals surface area contributed by atoms with Crippen LogP contribution in [0.2, 0.25) is 0 Å². The first kappa shape index (κ1) is 17.5. The number of fused-ring (bicyclic) bond motifs is 1. The van der Waals surface area contributed by atoms with Gasteiger partial charge in [0, 0.05) is 12.8 Å². The monoisotopic (exact) mass is 310 g/mol. The number of carbonyl (C=O) groups excluding carboxylic acids is 1. The van der Waals surface area contributed by atoms with Gasteiger partial charge in [-0.15, -0.1) is 0 Å². The van der Waals surface area contributed by atoms with Crippen molar-refractivity contribution < 1.29 is 19.4 Å². The molecule has 2 fully saturated rings. The van der Waals surface area contributed by atoms with Gasteiger partial charge in [-0.2, -0.15) is 0 Å². The number of ether oxygens (including phenoxy) is 1. The number of hydrogen-bond acceptors (Lipinski definition) is 3. The Morgan fingerprint density at radius 2 is 1.77 bits per heavy atom. The number of ketones is 1. The summed E-state index contributed by atoms with van der Waals surface area (Å²) >= 11 is 0. The summed E-state index contributed by atoms with van der Waals surface area (Å²) in [4.78, 5) is 22.7. The van der Waals surface area contributed by atoms with Crippen molar-refractivity contribution in [1.29, 1.82) is 0 Å². The Bertz CT molecular complexity index is 406. The number of aliphatic carboxylic acids is 1. The molecule has 0 aromatic heterocycles. The number of rotatable bonds is 12. The summed E-state index contributed by atoms with van der Waals surface area (Å²) < 4.78 is 6.02. The molecule has 22 heavy (non-hydrogen) atoms. The Labute approximate surface area is 133 Å². The first-order valence-corrected chi connectivity index (χ1v) is 9.01. The van der Waals surface area contributed by atoms with E-state index < -0.39 is 11.6 Å². The van der Waals surface area contributed by atoms with Crippen LogP contribution in [0.4, 0.5) is 0 Å². The topological polar surface area (TPSA) is 66.9 Å². The molecule has 1 aliphatic heterocycles. The first-order valence-electron chi connectivity index (χ1n) is 9.01. The molecular formula is C18H30O4. The number of unbranched alkanes of at least 4 members (excludes halogenated alkanes) is 6. The van der Waals surface area contributed by atoms with Crippen molar-refractivity contribution in [2.45, 2.75) is 102 Å². The minimum atomic E-state index is -0.721. The molecule has 0 spiro atoms. The van der Waals surface area contributed by atoms with Gasteiger partial charge in [0.2, 0.25) is 0 Å².